The maximum absolute atomic E-state index is 13.2. The monoisotopic (exact) mass is 443 g/mol. The molecule has 0 N–H and O–H groups in total. The molecule has 4 aromatic heterocycles. The topological polar surface area (TPSA) is 100 Å². The second kappa shape index (κ2) is 8.05. The van der Waals surface area contributed by atoms with E-state index in [0.29, 0.717) is 39.2 Å². The summed E-state index contributed by atoms with van der Waals surface area (Å²) in [5.41, 5.74) is 2.88. The van der Waals surface area contributed by atoms with Crippen molar-refractivity contribution in [3.63, 3.8) is 0 Å². The van der Waals surface area contributed by atoms with E-state index in [-0.39, 0.29) is 12.6 Å². The van der Waals surface area contributed by atoms with Gasteiger partial charge in [-0.25, -0.2) is 19.3 Å². The standard InChI is InChI=1S/C25H21N3O5/c1-14(2)28-24-19(12-26-28)18(11-20(27-24)21-5-4-8-31-21)25(30)32-13-16-10-23(29)33-22-9-15(3)6-7-17(16)22/h4-12,14H,13H2,1-3H3. The van der Waals surface area contributed by atoms with E-state index in [4.69, 9.17) is 13.6 Å². The lowest BCUT2D eigenvalue weighted by Crippen LogP contribution is -2.10. The average Bonchev–Trinajstić information content (AvgIpc) is 3.46. The quantitative estimate of drug-likeness (QED) is 0.277. The molecule has 33 heavy (non-hydrogen) atoms. The SMILES string of the molecule is Cc1ccc2c(COC(=O)c3cc(-c4ccco4)nc4c3cnn4C(C)C)cc(=O)oc2c1. The molecule has 1 aromatic carbocycles. The number of aryl methyl sites for hydroxylation is 1. The molecule has 8 nitrogen and oxygen atoms in total. The van der Waals surface area contributed by atoms with Gasteiger partial charge in [-0.15, -0.1) is 0 Å². The van der Waals surface area contributed by atoms with Gasteiger partial charge >= 0.3 is 11.6 Å². The molecule has 5 rings (SSSR count). The van der Waals surface area contributed by atoms with Gasteiger partial charge in [0.05, 0.1) is 23.4 Å². The predicted molar refractivity (Wildman–Crippen MR) is 122 cm³/mol. The largest absolute Gasteiger partial charge is 0.463 e. The number of hydrogen-bond donors (Lipinski definition) is 0. The summed E-state index contributed by atoms with van der Waals surface area (Å²) in [6.45, 7) is 5.80. The summed E-state index contributed by atoms with van der Waals surface area (Å²) in [7, 11) is 0. The normalized spacial score (nSPS) is 11.5. The minimum atomic E-state index is -0.549. The molecule has 0 amide bonds. The fourth-order valence-electron chi connectivity index (χ4n) is 3.79. The number of rotatable bonds is 5. The Labute approximate surface area is 188 Å². The zero-order valence-corrected chi connectivity index (χ0v) is 18.4. The highest BCUT2D eigenvalue weighted by Gasteiger charge is 2.21. The van der Waals surface area contributed by atoms with E-state index in [1.807, 2.05) is 32.9 Å². The first kappa shape index (κ1) is 20.7. The van der Waals surface area contributed by atoms with Crippen molar-refractivity contribution in [2.24, 2.45) is 0 Å². The lowest BCUT2D eigenvalue weighted by Gasteiger charge is -2.10. The zero-order valence-electron chi connectivity index (χ0n) is 18.4. The number of furan rings is 1. The van der Waals surface area contributed by atoms with Gasteiger partial charge in [0, 0.05) is 23.1 Å². The molecule has 166 valence electrons. The molecule has 0 bridgehead atoms. The number of ether oxygens (including phenoxy) is 1. The molecule has 0 radical (unpaired) electrons. The Hall–Kier alpha value is -4.20. The van der Waals surface area contributed by atoms with Gasteiger partial charge in [0.25, 0.3) is 0 Å². The Morgan fingerprint density at radius 2 is 2.00 bits per heavy atom. The lowest BCUT2D eigenvalue weighted by molar-refractivity contribution is 0.0476. The third kappa shape index (κ3) is 3.80. The van der Waals surface area contributed by atoms with E-state index >= 15 is 0 Å². The maximum Gasteiger partial charge on any atom is 0.339 e. The van der Waals surface area contributed by atoms with Crippen LogP contribution >= 0.6 is 0 Å². The summed E-state index contributed by atoms with van der Waals surface area (Å²) in [6.07, 6.45) is 3.16. The first-order chi connectivity index (χ1) is 15.9. The van der Waals surface area contributed by atoms with Crippen molar-refractivity contribution in [2.75, 3.05) is 0 Å². The molecule has 0 fully saturated rings. The van der Waals surface area contributed by atoms with Crippen LogP contribution < -0.4 is 5.63 Å². The van der Waals surface area contributed by atoms with Crippen LogP contribution in [0.4, 0.5) is 0 Å². The van der Waals surface area contributed by atoms with Crippen LogP contribution in [0.15, 0.2) is 68.6 Å². The van der Waals surface area contributed by atoms with Gasteiger partial charge in [0.1, 0.15) is 17.9 Å². The second-order valence-corrected chi connectivity index (χ2v) is 8.12. The highest BCUT2D eigenvalue weighted by Crippen LogP contribution is 2.28. The van der Waals surface area contributed by atoms with E-state index in [2.05, 4.69) is 10.1 Å². The van der Waals surface area contributed by atoms with Gasteiger partial charge in [0.2, 0.25) is 0 Å². The van der Waals surface area contributed by atoms with Crippen LogP contribution in [-0.2, 0) is 11.3 Å². The number of pyridine rings is 1. The number of fused-ring (bicyclic) bond motifs is 2. The molecule has 0 aliphatic rings. The fourth-order valence-corrected chi connectivity index (χ4v) is 3.79. The van der Waals surface area contributed by atoms with Crippen LogP contribution in [-0.4, -0.2) is 20.7 Å². The maximum atomic E-state index is 13.2. The number of esters is 1. The Morgan fingerprint density at radius 3 is 2.76 bits per heavy atom. The van der Waals surface area contributed by atoms with Crippen LogP contribution in [0.2, 0.25) is 0 Å². The van der Waals surface area contributed by atoms with Crippen LogP contribution in [0.3, 0.4) is 0 Å². The first-order valence-corrected chi connectivity index (χ1v) is 10.5. The van der Waals surface area contributed by atoms with E-state index in [9.17, 15) is 9.59 Å². The molecule has 8 heteroatoms. The van der Waals surface area contributed by atoms with Gasteiger partial charge in [-0.3, -0.25) is 0 Å². The number of carbonyl (C=O) groups is 1. The number of carbonyl (C=O) groups excluding carboxylic acids is 1. The molecular weight excluding hydrogens is 422 g/mol. The van der Waals surface area contributed by atoms with Crippen molar-refractivity contribution in [3.8, 4) is 11.5 Å². The minimum Gasteiger partial charge on any atom is -0.463 e. The molecule has 0 atom stereocenters. The second-order valence-electron chi connectivity index (χ2n) is 8.12. The Bertz CT molecular complexity index is 1540. The third-order valence-corrected chi connectivity index (χ3v) is 5.39. The predicted octanol–water partition coefficient (Wildman–Crippen LogP) is 5.04. The smallest absolute Gasteiger partial charge is 0.339 e. The van der Waals surface area contributed by atoms with Gasteiger partial charge in [-0.05, 0) is 50.6 Å². The molecule has 0 saturated carbocycles. The Balaban J connectivity index is 1.54. The molecule has 0 unspecified atom stereocenters. The molecule has 4 heterocycles. The van der Waals surface area contributed by atoms with Gasteiger partial charge in [-0.2, -0.15) is 5.10 Å². The van der Waals surface area contributed by atoms with Crippen LogP contribution in [0.1, 0.15) is 41.4 Å². The first-order valence-electron chi connectivity index (χ1n) is 10.5. The van der Waals surface area contributed by atoms with Crippen LogP contribution in [0.5, 0.6) is 0 Å². The van der Waals surface area contributed by atoms with E-state index in [1.54, 1.807) is 41.4 Å². The van der Waals surface area contributed by atoms with E-state index in [0.717, 1.165) is 10.9 Å². The van der Waals surface area contributed by atoms with Crippen molar-refractivity contribution in [1.29, 1.82) is 0 Å². The highest BCUT2D eigenvalue weighted by molar-refractivity contribution is 6.03. The highest BCUT2D eigenvalue weighted by atomic mass is 16.5. The van der Waals surface area contributed by atoms with E-state index in [1.165, 1.54) is 6.07 Å². The zero-order chi connectivity index (χ0) is 23.1. The van der Waals surface area contributed by atoms with Gasteiger partial charge < -0.3 is 13.6 Å². The van der Waals surface area contributed by atoms with Crippen molar-refractivity contribution < 1.29 is 18.4 Å². The van der Waals surface area contributed by atoms with Crippen LogP contribution in [0.25, 0.3) is 33.5 Å². The summed E-state index contributed by atoms with van der Waals surface area (Å²) in [5.74, 6) is -0.0171. The molecule has 0 aliphatic heterocycles. The Kier molecular flexibility index (Phi) is 5.05. The van der Waals surface area contributed by atoms with E-state index < -0.39 is 11.6 Å². The van der Waals surface area contributed by atoms with Crippen molar-refractivity contribution in [3.05, 3.63) is 82.0 Å². The summed E-state index contributed by atoms with van der Waals surface area (Å²) >= 11 is 0. The van der Waals surface area contributed by atoms with Crippen molar-refractivity contribution >= 4 is 28.0 Å². The molecular formula is C25H21N3O5. The molecule has 5 aromatic rings. The number of aromatic nitrogens is 3. The van der Waals surface area contributed by atoms with Crippen molar-refractivity contribution in [2.45, 2.75) is 33.4 Å². The average molecular weight is 443 g/mol. The molecule has 0 spiro atoms. The molecule has 0 saturated heterocycles. The fraction of sp³-hybridized carbons (Fsp3) is 0.200. The third-order valence-electron chi connectivity index (χ3n) is 5.39. The van der Waals surface area contributed by atoms with Gasteiger partial charge in [0.15, 0.2) is 11.4 Å². The summed E-state index contributed by atoms with van der Waals surface area (Å²) < 4.78 is 18.2. The number of benzene rings is 1. The summed E-state index contributed by atoms with van der Waals surface area (Å²) in [4.78, 5) is 29.9. The summed E-state index contributed by atoms with van der Waals surface area (Å²) in [5, 5.41) is 5.70. The molecule has 0 aliphatic carbocycles. The summed E-state index contributed by atoms with van der Waals surface area (Å²) in [6, 6.07) is 12.1. The lowest BCUT2D eigenvalue weighted by atomic mass is 10.1. The number of nitrogens with zero attached hydrogens (tertiary/aromatic N) is 3. The van der Waals surface area contributed by atoms with Gasteiger partial charge in [-0.1, -0.05) is 12.1 Å². The Morgan fingerprint density at radius 1 is 1.15 bits per heavy atom. The van der Waals surface area contributed by atoms with Crippen LogP contribution in [0, 0.1) is 6.92 Å². The van der Waals surface area contributed by atoms with Crippen molar-refractivity contribution in [1.82, 2.24) is 14.8 Å². The minimum absolute atomic E-state index is 0.0455. The number of hydrogen-bond acceptors (Lipinski definition) is 7.